The largest absolute Gasteiger partial charge is 0.481 e. The van der Waals surface area contributed by atoms with Crippen LogP contribution < -0.4 is 0 Å². The molecular formula is C13H15NO3. The molecule has 1 aliphatic heterocycles. The van der Waals surface area contributed by atoms with E-state index in [4.69, 9.17) is 5.11 Å². The summed E-state index contributed by atoms with van der Waals surface area (Å²) in [7, 11) is 0. The molecule has 0 bridgehead atoms. The summed E-state index contributed by atoms with van der Waals surface area (Å²) in [5.74, 6) is -1.18. The Hall–Kier alpha value is -1.84. The molecule has 0 radical (unpaired) electrons. The maximum atomic E-state index is 11.7. The monoisotopic (exact) mass is 233 g/mol. The highest BCUT2D eigenvalue weighted by molar-refractivity contribution is 5.80. The molecule has 2 rings (SSSR count). The maximum Gasteiger partial charge on any atom is 0.308 e. The Balaban J connectivity index is 2.04. The smallest absolute Gasteiger partial charge is 0.308 e. The van der Waals surface area contributed by atoms with E-state index in [2.05, 4.69) is 0 Å². The van der Waals surface area contributed by atoms with Crippen molar-refractivity contribution in [1.29, 1.82) is 0 Å². The molecule has 0 aliphatic carbocycles. The lowest BCUT2D eigenvalue weighted by Gasteiger charge is -2.30. The number of carbonyl (C=O) groups excluding carboxylic acids is 1. The molecule has 0 saturated carbocycles. The van der Waals surface area contributed by atoms with E-state index in [1.807, 2.05) is 30.3 Å². The fraction of sp³-hybridized carbons (Fsp3) is 0.385. The van der Waals surface area contributed by atoms with Gasteiger partial charge in [-0.05, 0) is 12.0 Å². The van der Waals surface area contributed by atoms with Crippen LogP contribution in [-0.4, -0.2) is 28.4 Å². The Morgan fingerprint density at radius 2 is 2.06 bits per heavy atom. The van der Waals surface area contributed by atoms with Crippen molar-refractivity contribution in [3.8, 4) is 0 Å². The van der Waals surface area contributed by atoms with Crippen LogP contribution in [-0.2, 0) is 16.1 Å². The molecule has 1 aromatic carbocycles. The molecule has 0 unspecified atom stereocenters. The van der Waals surface area contributed by atoms with Crippen LogP contribution in [0.5, 0.6) is 0 Å². The second-order valence-electron chi connectivity index (χ2n) is 4.33. The number of aliphatic carboxylic acids is 1. The van der Waals surface area contributed by atoms with Crippen molar-refractivity contribution in [2.75, 3.05) is 6.54 Å². The molecule has 17 heavy (non-hydrogen) atoms. The van der Waals surface area contributed by atoms with Gasteiger partial charge in [-0.1, -0.05) is 30.3 Å². The zero-order chi connectivity index (χ0) is 12.3. The van der Waals surface area contributed by atoms with Crippen LogP contribution in [0.25, 0.3) is 0 Å². The normalized spacial score (nSPS) is 20.4. The maximum absolute atomic E-state index is 11.7. The summed E-state index contributed by atoms with van der Waals surface area (Å²) >= 11 is 0. The quantitative estimate of drug-likeness (QED) is 0.861. The minimum atomic E-state index is -0.810. The summed E-state index contributed by atoms with van der Waals surface area (Å²) in [6, 6.07) is 9.63. The lowest BCUT2D eigenvalue weighted by molar-refractivity contribution is -0.147. The molecule has 0 aromatic heterocycles. The third-order valence-electron chi connectivity index (χ3n) is 3.07. The molecule has 1 saturated heterocycles. The van der Waals surface area contributed by atoms with Crippen LogP contribution >= 0.6 is 0 Å². The minimum Gasteiger partial charge on any atom is -0.481 e. The van der Waals surface area contributed by atoms with Gasteiger partial charge in [0.15, 0.2) is 0 Å². The van der Waals surface area contributed by atoms with Gasteiger partial charge in [-0.3, -0.25) is 9.59 Å². The van der Waals surface area contributed by atoms with Crippen molar-refractivity contribution in [2.24, 2.45) is 5.92 Å². The first kappa shape index (κ1) is 11.6. The van der Waals surface area contributed by atoms with E-state index in [1.54, 1.807) is 4.90 Å². The fourth-order valence-electron chi connectivity index (χ4n) is 2.07. The molecule has 0 spiro atoms. The second kappa shape index (κ2) is 4.99. The van der Waals surface area contributed by atoms with Gasteiger partial charge in [0.25, 0.3) is 0 Å². The summed E-state index contributed by atoms with van der Waals surface area (Å²) in [5.41, 5.74) is 1.03. The van der Waals surface area contributed by atoms with Crippen molar-refractivity contribution >= 4 is 11.9 Å². The first-order valence-corrected chi connectivity index (χ1v) is 5.71. The van der Waals surface area contributed by atoms with Gasteiger partial charge in [0, 0.05) is 19.5 Å². The Bertz CT molecular complexity index is 416. The fourth-order valence-corrected chi connectivity index (χ4v) is 2.07. The number of likely N-dealkylation sites (tertiary alicyclic amines) is 1. The van der Waals surface area contributed by atoms with Crippen LogP contribution in [0.15, 0.2) is 30.3 Å². The molecular weight excluding hydrogens is 218 g/mol. The van der Waals surface area contributed by atoms with E-state index in [1.165, 1.54) is 0 Å². The minimum absolute atomic E-state index is 0.0475. The van der Waals surface area contributed by atoms with Crippen LogP contribution in [0.3, 0.4) is 0 Å². The zero-order valence-electron chi connectivity index (χ0n) is 9.50. The average molecular weight is 233 g/mol. The summed E-state index contributed by atoms with van der Waals surface area (Å²) < 4.78 is 0. The van der Waals surface area contributed by atoms with Gasteiger partial charge in [0.2, 0.25) is 5.91 Å². The molecule has 1 heterocycles. The summed E-state index contributed by atoms with van der Waals surface area (Å²) in [6.45, 7) is 0.826. The van der Waals surface area contributed by atoms with Crippen LogP contribution in [0.1, 0.15) is 18.4 Å². The highest BCUT2D eigenvalue weighted by Gasteiger charge is 2.29. The number of nitrogens with zero attached hydrogens (tertiary/aromatic N) is 1. The van der Waals surface area contributed by atoms with E-state index in [-0.39, 0.29) is 5.91 Å². The topological polar surface area (TPSA) is 57.6 Å². The lowest BCUT2D eigenvalue weighted by atomic mass is 9.97. The molecule has 1 N–H and O–H groups in total. The van der Waals surface area contributed by atoms with Crippen LogP contribution in [0.2, 0.25) is 0 Å². The Morgan fingerprint density at radius 3 is 2.71 bits per heavy atom. The number of hydrogen-bond donors (Lipinski definition) is 1. The summed E-state index contributed by atoms with van der Waals surface area (Å²) in [6.07, 6.45) is 0.795. The van der Waals surface area contributed by atoms with Crippen molar-refractivity contribution in [1.82, 2.24) is 4.90 Å². The number of benzene rings is 1. The predicted octanol–water partition coefficient (Wildman–Crippen LogP) is 1.51. The number of rotatable bonds is 3. The van der Waals surface area contributed by atoms with E-state index in [0.29, 0.717) is 25.9 Å². The number of hydrogen-bond acceptors (Lipinski definition) is 2. The standard InChI is InChI=1S/C13H15NO3/c15-12-7-6-11(13(16)17)9-14(12)8-10-4-2-1-3-5-10/h1-5,11H,6-9H2,(H,16,17)/t11-/m1/s1. The average Bonchev–Trinajstić information content (AvgIpc) is 2.33. The zero-order valence-corrected chi connectivity index (χ0v) is 9.50. The second-order valence-corrected chi connectivity index (χ2v) is 4.33. The van der Waals surface area contributed by atoms with Gasteiger partial charge in [0.05, 0.1) is 5.92 Å². The third-order valence-corrected chi connectivity index (χ3v) is 3.07. The SMILES string of the molecule is O=C(O)[C@@H]1CCC(=O)N(Cc2ccccc2)C1. The van der Waals surface area contributed by atoms with Crippen molar-refractivity contribution in [3.05, 3.63) is 35.9 Å². The number of carboxylic acids is 1. The lowest BCUT2D eigenvalue weighted by Crippen LogP contribution is -2.41. The predicted molar refractivity (Wildman–Crippen MR) is 62.2 cm³/mol. The van der Waals surface area contributed by atoms with Crippen molar-refractivity contribution < 1.29 is 14.7 Å². The van der Waals surface area contributed by atoms with Crippen LogP contribution in [0, 0.1) is 5.92 Å². The van der Waals surface area contributed by atoms with E-state index >= 15 is 0 Å². The number of carboxylic acid groups (broad SMARTS) is 1. The van der Waals surface area contributed by atoms with Gasteiger partial charge in [-0.15, -0.1) is 0 Å². The number of piperidine rings is 1. The van der Waals surface area contributed by atoms with Gasteiger partial charge in [-0.2, -0.15) is 0 Å². The number of amides is 1. The molecule has 4 heteroatoms. The highest BCUT2D eigenvalue weighted by Crippen LogP contribution is 2.19. The molecule has 1 aromatic rings. The molecule has 4 nitrogen and oxygen atoms in total. The van der Waals surface area contributed by atoms with E-state index < -0.39 is 11.9 Å². The Labute approximate surface area is 99.9 Å². The van der Waals surface area contributed by atoms with Gasteiger partial charge in [-0.25, -0.2) is 0 Å². The molecule has 90 valence electrons. The van der Waals surface area contributed by atoms with Gasteiger partial charge < -0.3 is 10.0 Å². The van der Waals surface area contributed by atoms with Gasteiger partial charge >= 0.3 is 5.97 Å². The molecule has 1 aliphatic rings. The van der Waals surface area contributed by atoms with Crippen LogP contribution in [0.4, 0.5) is 0 Å². The Morgan fingerprint density at radius 1 is 1.35 bits per heavy atom. The third kappa shape index (κ3) is 2.84. The summed E-state index contributed by atoms with van der Waals surface area (Å²) in [4.78, 5) is 24.3. The molecule has 1 atom stereocenters. The highest BCUT2D eigenvalue weighted by atomic mass is 16.4. The van der Waals surface area contributed by atoms with Crippen molar-refractivity contribution in [3.63, 3.8) is 0 Å². The molecule has 1 fully saturated rings. The van der Waals surface area contributed by atoms with E-state index in [0.717, 1.165) is 5.56 Å². The van der Waals surface area contributed by atoms with E-state index in [9.17, 15) is 9.59 Å². The first-order chi connectivity index (χ1) is 8.16. The van der Waals surface area contributed by atoms with Crippen molar-refractivity contribution in [2.45, 2.75) is 19.4 Å². The van der Waals surface area contributed by atoms with Gasteiger partial charge in [0.1, 0.15) is 0 Å². The summed E-state index contributed by atoms with van der Waals surface area (Å²) in [5, 5.41) is 8.97. The molecule has 1 amide bonds. The number of carbonyl (C=O) groups is 2. The Kier molecular flexibility index (Phi) is 3.42. The first-order valence-electron chi connectivity index (χ1n) is 5.71.